The zero-order valence-electron chi connectivity index (χ0n) is 14.7. The van der Waals surface area contributed by atoms with E-state index >= 15 is 0 Å². The number of carbonyl (C=O) groups is 4. The second kappa shape index (κ2) is 7.06. The lowest BCUT2D eigenvalue weighted by atomic mass is 9.87. The summed E-state index contributed by atoms with van der Waals surface area (Å²) in [5.74, 6) is -0.828. The first-order valence-electron chi connectivity index (χ1n) is 8.59. The first-order chi connectivity index (χ1) is 12.3. The van der Waals surface area contributed by atoms with Gasteiger partial charge in [0.05, 0.1) is 4.88 Å². The van der Waals surface area contributed by atoms with E-state index in [4.69, 9.17) is 0 Å². The largest absolute Gasteiger partial charge is 0.341 e. The Kier molecular flexibility index (Phi) is 4.99. The van der Waals surface area contributed by atoms with Crippen LogP contribution in [-0.2, 0) is 9.59 Å². The van der Waals surface area contributed by atoms with Crippen molar-refractivity contribution >= 4 is 35.1 Å². The number of imide groups is 1. The van der Waals surface area contributed by atoms with Gasteiger partial charge in [-0.3, -0.25) is 19.7 Å². The predicted octanol–water partition coefficient (Wildman–Crippen LogP) is 0.703. The van der Waals surface area contributed by atoms with Gasteiger partial charge in [-0.25, -0.2) is 4.79 Å². The second-order valence-electron chi connectivity index (χ2n) is 6.99. The molecule has 1 atom stereocenters. The van der Waals surface area contributed by atoms with E-state index in [1.54, 1.807) is 17.0 Å². The van der Waals surface area contributed by atoms with Crippen molar-refractivity contribution in [1.29, 1.82) is 0 Å². The number of nitrogens with zero attached hydrogens (tertiary/aromatic N) is 1. The third-order valence-electron chi connectivity index (χ3n) is 4.91. The van der Waals surface area contributed by atoms with Crippen LogP contribution >= 0.6 is 11.3 Å². The zero-order valence-corrected chi connectivity index (χ0v) is 15.5. The summed E-state index contributed by atoms with van der Waals surface area (Å²) >= 11 is 1.32. The minimum Gasteiger partial charge on any atom is -0.341 e. The molecular weight excluding hydrogens is 356 g/mol. The molecule has 3 rings (SSSR count). The predicted molar refractivity (Wildman–Crippen MR) is 95.6 cm³/mol. The lowest BCUT2D eigenvalue weighted by Crippen LogP contribution is -2.59. The molecule has 3 heterocycles. The molecule has 0 unspecified atom stereocenters. The average Bonchev–Trinajstić information content (AvgIpc) is 3.21. The van der Waals surface area contributed by atoms with Crippen LogP contribution in [0.5, 0.6) is 0 Å². The Labute approximate surface area is 155 Å². The van der Waals surface area contributed by atoms with Gasteiger partial charge in [0.2, 0.25) is 5.91 Å². The summed E-state index contributed by atoms with van der Waals surface area (Å²) in [5, 5.41) is 9.57. The molecule has 140 valence electrons. The smallest absolute Gasteiger partial charge is 0.322 e. The normalized spacial score (nSPS) is 20.0. The number of likely N-dealkylation sites (tertiary alicyclic amines) is 1. The van der Waals surface area contributed by atoms with Crippen molar-refractivity contribution in [2.24, 2.45) is 5.92 Å². The van der Waals surface area contributed by atoms with E-state index in [0.29, 0.717) is 30.8 Å². The van der Waals surface area contributed by atoms with Crippen LogP contribution in [0, 0.1) is 5.92 Å². The Bertz CT molecular complexity index is 723. The van der Waals surface area contributed by atoms with Gasteiger partial charge in [0.25, 0.3) is 11.8 Å². The topological polar surface area (TPSA) is 108 Å². The van der Waals surface area contributed by atoms with E-state index in [1.807, 2.05) is 19.2 Å². The molecule has 1 aromatic rings. The summed E-state index contributed by atoms with van der Waals surface area (Å²) in [6.45, 7) is 4.47. The summed E-state index contributed by atoms with van der Waals surface area (Å²) in [6.07, 6.45) is 0.722. The number of rotatable bonds is 4. The van der Waals surface area contributed by atoms with Crippen molar-refractivity contribution < 1.29 is 19.2 Å². The SMILES string of the molecule is CC(C)[C@H](NC(=O)c1cccs1)C(=O)N1CCC2(CC1)NC(=O)NC2=O. The third-order valence-corrected chi connectivity index (χ3v) is 5.78. The van der Waals surface area contributed by atoms with Crippen molar-refractivity contribution in [3.63, 3.8) is 0 Å². The minimum absolute atomic E-state index is 0.0724. The van der Waals surface area contributed by atoms with Crippen LogP contribution in [0.4, 0.5) is 4.79 Å². The van der Waals surface area contributed by atoms with Crippen LogP contribution < -0.4 is 16.0 Å². The molecule has 3 N–H and O–H groups in total. The number of amides is 5. The molecular formula is C17H22N4O4S. The van der Waals surface area contributed by atoms with Crippen LogP contribution in [-0.4, -0.2) is 53.3 Å². The highest BCUT2D eigenvalue weighted by molar-refractivity contribution is 7.12. The average molecular weight is 378 g/mol. The molecule has 1 aromatic heterocycles. The van der Waals surface area contributed by atoms with Crippen molar-refractivity contribution in [3.05, 3.63) is 22.4 Å². The molecule has 2 fully saturated rings. The van der Waals surface area contributed by atoms with Gasteiger partial charge in [0.1, 0.15) is 11.6 Å². The standard InChI is InChI=1S/C17H22N4O4S/c1-10(2)12(18-13(22)11-4-3-9-26-11)14(23)21-7-5-17(6-8-21)15(24)19-16(25)20-17/h3-4,9-10,12H,5-8H2,1-2H3,(H,18,22)(H2,19,20,24,25)/t12-/m0/s1. The Hall–Kier alpha value is -2.42. The molecule has 9 heteroatoms. The van der Waals surface area contributed by atoms with Gasteiger partial charge in [-0.15, -0.1) is 11.3 Å². The van der Waals surface area contributed by atoms with Gasteiger partial charge < -0.3 is 15.5 Å². The third kappa shape index (κ3) is 3.44. The molecule has 2 aliphatic heterocycles. The lowest BCUT2D eigenvalue weighted by Gasteiger charge is -2.39. The number of hydrogen-bond donors (Lipinski definition) is 3. The molecule has 0 aromatic carbocycles. The van der Waals surface area contributed by atoms with Crippen molar-refractivity contribution in [2.75, 3.05) is 13.1 Å². The lowest BCUT2D eigenvalue weighted by molar-refractivity contribution is -0.138. The van der Waals surface area contributed by atoms with Crippen LogP contribution in [0.3, 0.4) is 0 Å². The highest BCUT2D eigenvalue weighted by Gasteiger charge is 2.48. The Morgan fingerprint density at radius 2 is 1.96 bits per heavy atom. The molecule has 26 heavy (non-hydrogen) atoms. The molecule has 0 radical (unpaired) electrons. The minimum atomic E-state index is -0.915. The Balaban J connectivity index is 1.64. The summed E-state index contributed by atoms with van der Waals surface area (Å²) in [5.41, 5.74) is -0.915. The quantitative estimate of drug-likeness (QED) is 0.671. The maximum Gasteiger partial charge on any atom is 0.322 e. The molecule has 2 aliphatic rings. The van der Waals surface area contributed by atoms with E-state index < -0.39 is 17.6 Å². The van der Waals surface area contributed by atoms with Crippen LogP contribution in [0.2, 0.25) is 0 Å². The number of hydrogen-bond acceptors (Lipinski definition) is 5. The maximum absolute atomic E-state index is 12.9. The summed E-state index contributed by atoms with van der Waals surface area (Å²) < 4.78 is 0. The van der Waals surface area contributed by atoms with Crippen molar-refractivity contribution in [2.45, 2.75) is 38.3 Å². The van der Waals surface area contributed by atoms with Gasteiger partial charge in [-0.05, 0) is 30.2 Å². The maximum atomic E-state index is 12.9. The van der Waals surface area contributed by atoms with Gasteiger partial charge in [-0.1, -0.05) is 19.9 Å². The molecule has 0 aliphatic carbocycles. The molecule has 5 amide bonds. The molecule has 2 saturated heterocycles. The highest BCUT2D eigenvalue weighted by Crippen LogP contribution is 2.26. The van der Waals surface area contributed by atoms with E-state index in [1.165, 1.54) is 11.3 Å². The summed E-state index contributed by atoms with van der Waals surface area (Å²) in [7, 11) is 0. The summed E-state index contributed by atoms with van der Waals surface area (Å²) in [4.78, 5) is 50.9. The monoisotopic (exact) mass is 378 g/mol. The Morgan fingerprint density at radius 3 is 2.46 bits per heavy atom. The fourth-order valence-electron chi connectivity index (χ4n) is 3.32. The highest BCUT2D eigenvalue weighted by atomic mass is 32.1. The number of urea groups is 1. The first-order valence-corrected chi connectivity index (χ1v) is 9.47. The van der Waals surface area contributed by atoms with Gasteiger partial charge >= 0.3 is 6.03 Å². The number of carbonyl (C=O) groups excluding carboxylic acids is 4. The second-order valence-corrected chi connectivity index (χ2v) is 7.94. The molecule has 8 nitrogen and oxygen atoms in total. The van der Waals surface area contributed by atoms with E-state index in [9.17, 15) is 19.2 Å². The van der Waals surface area contributed by atoms with Crippen molar-refractivity contribution in [3.8, 4) is 0 Å². The summed E-state index contributed by atoms with van der Waals surface area (Å²) in [6, 6.07) is 2.38. The fraction of sp³-hybridized carbons (Fsp3) is 0.529. The molecule has 1 spiro atoms. The number of piperidine rings is 1. The molecule has 0 bridgehead atoms. The fourth-order valence-corrected chi connectivity index (χ4v) is 3.95. The van der Waals surface area contributed by atoms with Crippen LogP contribution in [0.15, 0.2) is 17.5 Å². The van der Waals surface area contributed by atoms with Gasteiger partial charge in [0.15, 0.2) is 0 Å². The van der Waals surface area contributed by atoms with Crippen molar-refractivity contribution in [1.82, 2.24) is 20.9 Å². The number of nitrogens with one attached hydrogen (secondary N) is 3. The van der Waals surface area contributed by atoms with E-state index in [2.05, 4.69) is 16.0 Å². The zero-order chi connectivity index (χ0) is 18.9. The first kappa shape index (κ1) is 18.4. The van der Waals surface area contributed by atoms with Gasteiger partial charge in [-0.2, -0.15) is 0 Å². The van der Waals surface area contributed by atoms with E-state index in [-0.39, 0.29) is 23.6 Å². The Morgan fingerprint density at radius 1 is 1.27 bits per heavy atom. The number of thiophene rings is 1. The van der Waals surface area contributed by atoms with Crippen LogP contribution in [0.1, 0.15) is 36.4 Å². The van der Waals surface area contributed by atoms with Crippen LogP contribution in [0.25, 0.3) is 0 Å². The van der Waals surface area contributed by atoms with Gasteiger partial charge in [0, 0.05) is 13.1 Å². The van der Waals surface area contributed by atoms with E-state index in [0.717, 1.165) is 0 Å². The molecule has 0 saturated carbocycles.